The summed E-state index contributed by atoms with van der Waals surface area (Å²) in [4.78, 5) is 31.1. The van der Waals surface area contributed by atoms with E-state index in [2.05, 4.69) is 0 Å². The zero-order chi connectivity index (χ0) is 23.8. The molecule has 0 atom stereocenters. The molecule has 1 heterocycles. The Bertz CT molecular complexity index is 1050. The SMILES string of the molecule is Cc1ccsc1CN(Cc1ccc(F)cc1)C(=O)CN(CC(C)C)C(=O)Cc1ccccc1. The average molecular weight is 467 g/mol. The average Bonchev–Trinajstić information content (AvgIpc) is 3.19. The number of carbonyl (C=O) groups is 2. The van der Waals surface area contributed by atoms with Gasteiger partial charge in [0, 0.05) is 18.0 Å². The molecule has 0 aliphatic rings. The molecule has 0 spiro atoms. The second kappa shape index (κ2) is 11.8. The molecule has 2 aromatic carbocycles. The van der Waals surface area contributed by atoms with Gasteiger partial charge in [-0.25, -0.2) is 4.39 Å². The van der Waals surface area contributed by atoms with E-state index in [0.717, 1.165) is 21.6 Å². The van der Waals surface area contributed by atoms with Crippen molar-refractivity contribution in [2.75, 3.05) is 13.1 Å². The number of carbonyl (C=O) groups excluding carboxylic acids is 2. The predicted molar refractivity (Wildman–Crippen MR) is 131 cm³/mol. The van der Waals surface area contributed by atoms with Crippen LogP contribution >= 0.6 is 11.3 Å². The third-order valence-electron chi connectivity index (χ3n) is 5.40. The molecule has 0 radical (unpaired) electrons. The highest BCUT2D eigenvalue weighted by atomic mass is 32.1. The predicted octanol–water partition coefficient (Wildman–Crippen LogP) is 5.45. The van der Waals surface area contributed by atoms with Gasteiger partial charge in [0.1, 0.15) is 5.82 Å². The number of rotatable bonds is 10. The van der Waals surface area contributed by atoms with Crippen LogP contribution in [0, 0.1) is 18.7 Å². The van der Waals surface area contributed by atoms with Crippen molar-refractivity contribution in [1.82, 2.24) is 9.80 Å². The van der Waals surface area contributed by atoms with Crippen molar-refractivity contribution in [3.8, 4) is 0 Å². The van der Waals surface area contributed by atoms with Gasteiger partial charge in [0.15, 0.2) is 0 Å². The van der Waals surface area contributed by atoms with Crippen LogP contribution in [0.4, 0.5) is 4.39 Å². The lowest BCUT2D eigenvalue weighted by atomic mass is 10.1. The van der Waals surface area contributed by atoms with E-state index in [9.17, 15) is 14.0 Å². The van der Waals surface area contributed by atoms with Crippen molar-refractivity contribution in [1.29, 1.82) is 0 Å². The van der Waals surface area contributed by atoms with Gasteiger partial charge in [0.2, 0.25) is 11.8 Å². The van der Waals surface area contributed by atoms with E-state index < -0.39 is 0 Å². The van der Waals surface area contributed by atoms with E-state index in [1.54, 1.807) is 33.3 Å². The van der Waals surface area contributed by atoms with Crippen molar-refractivity contribution < 1.29 is 14.0 Å². The zero-order valence-electron chi connectivity index (χ0n) is 19.5. The minimum Gasteiger partial charge on any atom is -0.333 e. The summed E-state index contributed by atoms with van der Waals surface area (Å²) in [6.45, 7) is 7.47. The molecular weight excluding hydrogens is 435 g/mol. The molecule has 33 heavy (non-hydrogen) atoms. The number of halogens is 1. The van der Waals surface area contributed by atoms with Gasteiger partial charge in [-0.1, -0.05) is 56.3 Å². The van der Waals surface area contributed by atoms with Crippen LogP contribution in [-0.2, 0) is 29.1 Å². The molecule has 3 rings (SSSR count). The van der Waals surface area contributed by atoms with Crippen LogP contribution in [0.25, 0.3) is 0 Å². The number of hydrogen-bond acceptors (Lipinski definition) is 3. The molecule has 2 amide bonds. The highest BCUT2D eigenvalue weighted by Gasteiger charge is 2.23. The lowest BCUT2D eigenvalue weighted by Gasteiger charge is -2.29. The summed E-state index contributed by atoms with van der Waals surface area (Å²) in [5, 5.41) is 2.01. The van der Waals surface area contributed by atoms with Crippen LogP contribution in [0.15, 0.2) is 66.0 Å². The molecular formula is C27H31FN2O2S. The highest BCUT2D eigenvalue weighted by Crippen LogP contribution is 2.20. The first-order valence-corrected chi connectivity index (χ1v) is 12.1. The fourth-order valence-electron chi connectivity index (χ4n) is 3.62. The second-order valence-electron chi connectivity index (χ2n) is 8.73. The normalized spacial score (nSPS) is 10.9. The van der Waals surface area contributed by atoms with Gasteiger partial charge < -0.3 is 9.80 Å². The molecule has 1 aromatic heterocycles. The third kappa shape index (κ3) is 7.53. The number of aryl methyl sites for hydroxylation is 1. The molecule has 0 N–H and O–H groups in total. The maximum atomic E-state index is 13.5. The fraction of sp³-hybridized carbons (Fsp3) is 0.333. The number of benzene rings is 2. The molecule has 0 fully saturated rings. The summed E-state index contributed by atoms with van der Waals surface area (Å²) >= 11 is 1.61. The van der Waals surface area contributed by atoms with Crippen molar-refractivity contribution in [2.24, 2.45) is 5.92 Å². The van der Waals surface area contributed by atoms with E-state index in [1.807, 2.05) is 62.5 Å². The minimum absolute atomic E-state index is 0.0233. The Morgan fingerprint density at radius 1 is 0.879 bits per heavy atom. The first kappa shape index (κ1) is 24.6. The van der Waals surface area contributed by atoms with Gasteiger partial charge in [0.25, 0.3) is 0 Å². The fourth-order valence-corrected chi connectivity index (χ4v) is 4.54. The van der Waals surface area contributed by atoms with Crippen LogP contribution < -0.4 is 0 Å². The van der Waals surface area contributed by atoms with E-state index in [-0.39, 0.29) is 36.5 Å². The van der Waals surface area contributed by atoms with E-state index in [4.69, 9.17) is 0 Å². The molecule has 174 valence electrons. The summed E-state index contributed by atoms with van der Waals surface area (Å²) < 4.78 is 13.4. The summed E-state index contributed by atoms with van der Waals surface area (Å²) in [5.41, 5.74) is 2.92. The van der Waals surface area contributed by atoms with Crippen molar-refractivity contribution in [3.05, 3.63) is 93.4 Å². The standard InChI is InChI=1S/C27H31FN2O2S/c1-20(2)16-29(26(31)15-22-7-5-4-6-8-22)19-27(32)30(18-25-21(3)13-14-33-25)17-23-9-11-24(28)12-10-23/h4-14,20H,15-19H2,1-3H3. The van der Waals surface area contributed by atoms with E-state index in [1.165, 1.54) is 12.1 Å². The summed E-state index contributed by atoms with van der Waals surface area (Å²) in [6.07, 6.45) is 0.267. The van der Waals surface area contributed by atoms with Crippen molar-refractivity contribution in [2.45, 2.75) is 40.3 Å². The van der Waals surface area contributed by atoms with Crippen LogP contribution in [0.1, 0.15) is 35.4 Å². The Kier molecular flexibility index (Phi) is 8.78. The van der Waals surface area contributed by atoms with Crippen LogP contribution in [0.2, 0.25) is 0 Å². The monoisotopic (exact) mass is 466 g/mol. The Morgan fingerprint density at radius 3 is 2.18 bits per heavy atom. The smallest absolute Gasteiger partial charge is 0.242 e. The number of hydrogen-bond donors (Lipinski definition) is 0. The summed E-state index contributed by atoms with van der Waals surface area (Å²) in [7, 11) is 0. The van der Waals surface area contributed by atoms with Crippen LogP contribution in [-0.4, -0.2) is 34.7 Å². The van der Waals surface area contributed by atoms with Crippen LogP contribution in [0.3, 0.4) is 0 Å². The van der Waals surface area contributed by atoms with E-state index >= 15 is 0 Å². The third-order valence-corrected chi connectivity index (χ3v) is 6.41. The molecule has 0 saturated carbocycles. The maximum Gasteiger partial charge on any atom is 0.242 e. The summed E-state index contributed by atoms with van der Waals surface area (Å²) in [6, 6.07) is 17.8. The maximum absolute atomic E-state index is 13.5. The van der Waals surface area contributed by atoms with Gasteiger partial charge in [-0.15, -0.1) is 11.3 Å². The first-order chi connectivity index (χ1) is 15.8. The Hall–Kier alpha value is -2.99. The van der Waals surface area contributed by atoms with Gasteiger partial charge in [0.05, 0.1) is 19.5 Å². The Labute approximate surface area is 199 Å². The van der Waals surface area contributed by atoms with Gasteiger partial charge in [-0.05, 0) is 53.1 Å². The first-order valence-electron chi connectivity index (χ1n) is 11.2. The molecule has 0 aliphatic carbocycles. The molecule has 0 aliphatic heterocycles. The zero-order valence-corrected chi connectivity index (χ0v) is 20.3. The van der Waals surface area contributed by atoms with Crippen LogP contribution in [0.5, 0.6) is 0 Å². The minimum atomic E-state index is -0.305. The van der Waals surface area contributed by atoms with Crippen molar-refractivity contribution in [3.63, 3.8) is 0 Å². The topological polar surface area (TPSA) is 40.6 Å². The quantitative estimate of drug-likeness (QED) is 0.399. The largest absolute Gasteiger partial charge is 0.333 e. The summed E-state index contributed by atoms with van der Waals surface area (Å²) in [5.74, 6) is -0.241. The molecule has 6 heteroatoms. The highest BCUT2D eigenvalue weighted by molar-refractivity contribution is 7.10. The van der Waals surface area contributed by atoms with Gasteiger partial charge in [-0.2, -0.15) is 0 Å². The Morgan fingerprint density at radius 2 is 1.58 bits per heavy atom. The number of nitrogens with zero attached hydrogens (tertiary/aromatic N) is 2. The molecule has 0 saturated heterocycles. The molecule has 0 unspecified atom stereocenters. The van der Waals surface area contributed by atoms with Crippen molar-refractivity contribution >= 4 is 23.2 Å². The number of thiophene rings is 1. The lowest BCUT2D eigenvalue weighted by Crippen LogP contribution is -2.44. The number of amides is 2. The molecule has 0 bridgehead atoms. The molecule has 3 aromatic rings. The van der Waals surface area contributed by atoms with Gasteiger partial charge in [-0.3, -0.25) is 9.59 Å². The Balaban J connectivity index is 1.78. The lowest BCUT2D eigenvalue weighted by molar-refractivity contribution is -0.141. The van der Waals surface area contributed by atoms with E-state index in [0.29, 0.717) is 19.6 Å². The van der Waals surface area contributed by atoms with Gasteiger partial charge >= 0.3 is 0 Å². The molecule has 4 nitrogen and oxygen atoms in total. The second-order valence-corrected chi connectivity index (χ2v) is 9.73.